The Hall–Kier alpha value is -2.40. The third kappa shape index (κ3) is 3.66. The molecule has 0 unspecified atom stereocenters. The number of fused-ring (bicyclic) bond motifs is 1. The van der Waals surface area contributed by atoms with Crippen LogP contribution < -0.4 is 5.19 Å². The van der Waals surface area contributed by atoms with Gasteiger partial charge in [-0.2, -0.15) is 0 Å². The molecule has 0 aliphatic carbocycles. The summed E-state index contributed by atoms with van der Waals surface area (Å²) < 4.78 is 7.33. The summed E-state index contributed by atoms with van der Waals surface area (Å²) in [6.45, 7) is 9.81. The van der Waals surface area contributed by atoms with E-state index in [0.717, 1.165) is 16.5 Å². The largest absolute Gasteiger partial charge is 0.461 e. The van der Waals surface area contributed by atoms with Crippen molar-refractivity contribution in [1.82, 2.24) is 9.55 Å². The summed E-state index contributed by atoms with van der Waals surface area (Å²) in [5, 5.41) is 2.45. The molecule has 3 aromatic rings. The van der Waals surface area contributed by atoms with E-state index in [1.54, 1.807) is 12.4 Å². The summed E-state index contributed by atoms with van der Waals surface area (Å²) in [6, 6.07) is 12.4. The van der Waals surface area contributed by atoms with Crippen LogP contribution in [0.2, 0.25) is 19.6 Å². The van der Waals surface area contributed by atoms with Crippen LogP contribution in [0.25, 0.3) is 10.9 Å². The third-order valence-corrected chi connectivity index (χ3v) is 6.39. The lowest BCUT2D eigenvalue weighted by atomic mass is 10.2. The SMILES string of the molecule is CCOC(=O)c1cc2ccc([Si](C)(C)C)cc2n1Cc1ccncc1. The van der Waals surface area contributed by atoms with Gasteiger partial charge < -0.3 is 9.30 Å². The number of carbonyl (C=O) groups excluding carboxylic acids is 1. The van der Waals surface area contributed by atoms with Crippen LogP contribution in [0.4, 0.5) is 0 Å². The molecule has 2 aromatic heterocycles. The van der Waals surface area contributed by atoms with Crippen molar-refractivity contribution in [3.8, 4) is 0 Å². The molecule has 3 rings (SSSR count). The maximum atomic E-state index is 12.5. The predicted octanol–water partition coefficient (Wildman–Crippen LogP) is 3.81. The smallest absolute Gasteiger partial charge is 0.354 e. The van der Waals surface area contributed by atoms with Gasteiger partial charge in [-0.15, -0.1) is 0 Å². The van der Waals surface area contributed by atoms with Crippen molar-refractivity contribution in [2.24, 2.45) is 0 Å². The van der Waals surface area contributed by atoms with Crippen molar-refractivity contribution in [2.45, 2.75) is 33.1 Å². The van der Waals surface area contributed by atoms with Crippen LogP contribution in [0, 0.1) is 0 Å². The van der Waals surface area contributed by atoms with Crippen molar-refractivity contribution in [3.63, 3.8) is 0 Å². The lowest BCUT2D eigenvalue weighted by Gasteiger charge is -2.17. The second kappa shape index (κ2) is 6.84. The number of hydrogen-bond acceptors (Lipinski definition) is 3. The van der Waals surface area contributed by atoms with Gasteiger partial charge in [-0.05, 0) is 36.8 Å². The molecule has 25 heavy (non-hydrogen) atoms. The van der Waals surface area contributed by atoms with Gasteiger partial charge >= 0.3 is 5.97 Å². The van der Waals surface area contributed by atoms with Crippen molar-refractivity contribution < 1.29 is 9.53 Å². The van der Waals surface area contributed by atoms with Gasteiger partial charge in [-0.25, -0.2) is 4.79 Å². The molecule has 0 spiro atoms. The summed E-state index contributed by atoms with van der Waals surface area (Å²) in [5.74, 6) is -0.276. The molecule has 0 bridgehead atoms. The van der Waals surface area contributed by atoms with Gasteiger partial charge in [0, 0.05) is 29.8 Å². The minimum absolute atomic E-state index is 0.276. The summed E-state index contributed by atoms with van der Waals surface area (Å²) in [6.07, 6.45) is 3.55. The predicted molar refractivity (Wildman–Crippen MR) is 104 cm³/mol. The average molecular weight is 353 g/mol. The Kier molecular flexibility index (Phi) is 4.77. The molecule has 0 aliphatic rings. The summed E-state index contributed by atoms with van der Waals surface area (Å²) >= 11 is 0. The van der Waals surface area contributed by atoms with E-state index in [4.69, 9.17) is 4.74 Å². The molecule has 1 aromatic carbocycles. The number of aromatic nitrogens is 2. The van der Waals surface area contributed by atoms with E-state index < -0.39 is 8.07 Å². The first-order valence-corrected chi connectivity index (χ1v) is 12.1. The normalized spacial score (nSPS) is 11.7. The van der Waals surface area contributed by atoms with Gasteiger partial charge in [0.15, 0.2) is 0 Å². The van der Waals surface area contributed by atoms with Gasteiger partial charge in [-0.3, -0.25) is 4.98 Å². The average Bonchev–Trinajstić information content (AvgIpc) is 2.93. The number of hydrogen-bond donors (Lipinski definition) is 0. The topological polar surface area (TPSA) is 44.1 Å². The Labute approximate surface area is 149 Å². The minimum Gasteiger partial charge on any atom is -0.461 e. The highest BCUT2D eigenvalue weighted by molar-refractivity contribution is 6.88. The Morgan fingerprint density at radius 3 is 2.48 bits per heavy atom. The van der Waals surface area contributed by atoms with Crippen LogP contribution in [0.3, 0.4) is 0 Å². The van der Waals surface area contributed by atoms with E-state index in [2.05, 4.69) is 47.4 Å². The molecule has 0 amide bonds. The second-order valence-electron chi connectivity index (χ2n) is 7.22. The van der Waals surface area contributed by atoms with E-state index in [1.165, 1.54) is 5.19 Å². The number of pyridine rings is 1. The van der Waals surface area contributed by atoms with Gasteiger partial charge in [0.2, 0.25) is 0 Å². The van der Waals surface area contributed by atoms with Crippen LogP contribution >= 0.6 is 0 Å². The first-order valence-electron chi connectivity index (χ1n) is 8.60. The highest BCUT2D eigenvalue weighted by Crippen LogP contribution is 2.22. The lowest BCUT2D eigenvalue weighted by molar-refractivity contribution is 0.0515. The summed E-state index contributed by atoms with van der Waals surface area (Å²) in [5.41, 5.74) is 2.79. The van der Waals surface area contributed by atoms with Crippen molar-refractivity contribution in [3.05, 3.63) is 60.0 Å². The van der Waals surface area contributed by atoms with Crippen molar-refractivity contribution >= 4 is 30.1 Å². The summed E-state index contributed by atoms with van der Waals surface area (Å²) in [4.78, 5) is 16.5. The number of benzene rings is 1. The highest BCUT2D eigenvalue weighted by Gasteiger charge is 2.21. The molecule has 0 N–H and O–H groups in total. The Bertz CT molecular complexity index is 895. The lowest BCUT2D eigenvalue weighted by Crippen LogP contribution is -2.37. The maximum Gasteiger partial charge on any atom is 0.354 e. The molecule has 0 saturated heterocycles. The fourth-order valence-corrected chi connectivity index (χ4v) is 4.09. The van der Waals surface area contributed by atoms with E-state index in [9.17, 15) is 4.79 Å². The number of rotatable bonds is 5. The molecule has 130 valence electrons. The van der Waals surface area contributed by atoms with Crippen LogP contribution in [0.1, 0.15) is 23.0 Å². The van der Waals surface area contributed by atoms with Crippen LogP contribution in [0.15, 0.2) is 48.8 Å². The molecule has 0 saturated carbocycles. The zero-order valence-corrected chi connectivity index (χ0v) is 16.2. The maximum absolute atomic E-state index is 12.5. The highest BCUT2D eigenvalue weighted by atomic mass is 28.3. The molecule has 0 aliphatic heterocycles. The first kappa shape index (κ1) is 17.4. The van der Waals surface area contributed by atoms with Gasteiger partial charge in [-0.1, -0.05) is 37.0 Å². The standard InChI is InChI=1S/C20H24N2O2Si/c1-5-24-20(23)19-12-16-6-7-17(25(2,3)4)13-18(16)22(19)14-15-8-10-21-11-9-15/h6-13H,5,14H2,1-4H3. The van der Waals surface area contributed by atoms with Crippen LogP contribution in [-0.2, 0) is 11.3 Å². The first-order chi connectivity index (χ1) is 11.9. The Balaban J connectivity index is 2.16. The van der Waals surface area contributed by atoms with Crippen LogP contribution in [-0.4, -0.2) is 30.2 Å². The molecule has 4 nitrogen and oxygen atoms in total. The number of nitrogens with zero attached hydrogens (tertiary/aromatic N) is 2. The molecular weight excluding hydrogens is 328 g/mol. The van der Waals surface area contributed by atoms with E-state index in [-0.39, 0.29) is 5.97 Å². The van der Waals surface area contributed by atoms with E-state index >= 15 is 0 Å². The minimum atomic E-state index is -1.44. The van der Waals surface area contributed by atoms with Crippen molar-refractivity contribution in [2.75, 3.05) is 6.61 Å². The Morgan fingerprint density at radius 2 is 1.84 bits per heavy atom. The fourth-order valence-electron chi connectivity index (χ4n) is 2.94. The van der Waals surface area contributed by atoms with Crippen LogP contribution in [0.5, 0.6) is 0 Å². The monoisotopic (exact) mass is 352 g/mol. The van der Waals surface area contributed by atoms with Gasteiger partial charge in [0.05, 0.1) is 14.7 Å². The molecule has 0 radical (unpaired) electrons. The molecule has 0 atom stereocenters. The van der Waals surface area contributed by atoms with Gasteiger partial charge in [0.1, 0.15) is 5.69 Å². The third-order valence-electron chi connectivity index (χ3n) is 4.34. The molecule has 5 heteroatoms. The van der Waals surface area contributed by atoms with E-state index in [0.29, 0.717) is 18.8 Å². The molecule has 2 heterocycles. The van der Waals surface area contributed by atoms with Crippen molar-refractivity contribution in [1.29, 1.82) is 0 Å². The number of esters is 1. The summed E-state index contributed by atoms with van der Waals surface area (Å²) in [7, 11) is -1.44. The number of carbonyl (C=O) groups is 1. The Morgan fingerprint density at radius 1 is 1.12 bits per heavy atom. The second-order valence-corrected chi connectivity index (χ2v) is 12.3. The zero-order valence-electron chi connectivity index (χ0n) is 15.2. The quantitative estimate of drug-likeness (QED) is 0.518. The molecular formula is C20H24N2O2Si. The van der Waals surface area contributed by atoms with E-state index in [1.807, 2.05) is 25.1 Å². The van der Waals surface area contributed by atoms with Gasteiger partial charge in [0.25, 0.3) is 0 Å². The zero-order chi connectivity index (χ0) is 18.0. The number of ether oxygens (including phenoxy) is 1. The fraction of sp³-hybridized carbons (Fsp3) is 0.300. The molecule has 0 fully saturated rings.